The average molecular weight is 293 g/mol. The number of hydrogen-bond donors (Lipinski definition) is 1. The minimum atomic E-state index is -0.0552. The highest BCUT2D eigenvalue weighted by molar-refractivity contribution is 7.99. The first-order valence-corrected chi connectivity index (χ1v) is 8.47. The summed E-state index contributed by atoms with van der Waals surface area (Å²) in [6, 6.07) is 2.08. The molecule has 4 nitrogen and oxygen atoms in total. The van der Waals surface area contributed by atoms with E-state index in [1.165, 1.54) is 25.7 Å². The second-order valence-corrected chi connectivity index (χ2v) is 6.50. The molecule has 1 aliphatic carbocycles. The fraction of sp³-hybridized carbons (Fsp3) is 0.667. The van der Waals surface area contributed by atoms with Gasteiger partial charge < -0.3 is 5.32 Å². The predicted molar refractivity (Wildman–Crippen MR) is 82.1 cm³/mol. The molecule has 20 heavy (non-hydrogen) atoms. The van der Waals surface area contributed by atoms with Crippen LogP contribution in [0.5, 0.6) is 0 Å². The Hall–Kier alpha value is -1.10. The molecule has 0 spiro atoms. The highest BCUT2D eigenvalue weighted by Gasteiger charge is 2.17. The molecule has 1 aliphatic rings. The molecule has 1 saturated carbocycles. The monoisotopic (exact) mass is 293 g/mol. The molecule has 2 rings (SSSR count). The maximum absolute atomic E-state index is 12.3. The van der Waals surface area contributed by atoms with Gasteiger partial charge in [-0.2, -0.15) is 0 Å². The second-order valence-electron chi connectivity index (χ2n) is 5.27. The summed E-state index contributed by atoms with van der Waals surface area (Å²) in [7, 11) is 0. The molecule has 0 saturated heterocycles. The van der Waals surface area contributed by atoms with Gasteiger partial charge in [0.15, 0.2) is 5.16 Å². The van der Waals surface area contributed by atoms with Gasteiger partial charge in [0, 0.05) is 11.7 Å². The van der Waals surface area contributed by atoms with Crippen molar-refractivity contribution >= 4 is 17.7 Å². The van der Waals surface area contributed by atoms with Crippen LogP contribution in [-0.4, -0.2) is 27.7 Å². The molecule has 0 atom stereocenters. The van der Waals surface area contributed by atoms with Gasteiger partial charge in [0.2, 0.25) is 0 Å². The van der Waals surface area contributed by atoms with Gasteiger partial charge in [0.05, 0.1) is 0 Å². The Balaban J connectivity index is 2.04. The van der Waals surface area contributed by atoms with Crippen LogP contribution in [0, 0.1) is 6.92 Å². The Kier molecular flexibility index (Phi) is 5.83. The van der Waals surface area contributed by atoms with Crippen molar-refractivity contribution in [2.24, 2.45) is 0 Å². The zero-order valence-corrected chi connectivity index (χ0v) is 13.1. The van der Waals surface area contributed by atoms with Crippen LogP contribution in [-0.2, 0) is 0 Å². The molecular weight excluding hydrogens is 270 g/mol. The van der Waals surface area contributed by atoms with Crippen LogP contribution in [0.25, 0.3) is 0 Å². The number of amides is 1. The van der Waals surface area contributed by atoms with Crippen molar-refractivity contribution in [2.45, 2.75) is 63.6 Å². The Morgan fingerprint density at radius 1 is 1.30 bits per heavy atom. The summed E-state index contributed by atoms with van der Waals surface area (Å²) in [5.41, 5.74) is 1.35. The minimum absolute atomic E-state index is 0.0552. The lowest BCUT2D eigenvalue weighted by atomic mass is 10.1. The van der Waals surface area contributed by atoms with E-state index in [1.54, 1.807) is 17.8 Å². The van der Waals surface area contributed by atoms with Crippen molar-refractivity contribution in [1.82, 2.24) is 15.3 Å². The maximum Gasteiger partial charge on any atom is 0.270 e. The van der Waals surface area contributed by atoms with Crippen molar-refractivity contribution in [2.75, 3.05) is 5.75 Å². The molecule has 0 bridgehead atoms. The molecule has 0 aliphatic heterocycles. The standard InChI is InChI=1S/C15H23N3OS/c1-3-20-15-16-11(2)10-13(18-15)14(19)17-12-8-6-4-5-7-9-12/h10,12H,3-9H2,1-2H3,(H,17,19). The van der Waals surface area contributed by atoms with Crippen LogP contribution >= 0.6 is 11.8 Å². The van der Waals surface area contributed by atoms with E-state index in [-0.39, 0.29) is 5.91 Å². The first kappa shape index (κ1) is 15.3. The average Bonchev–Trinajstić information content (AvgIpc) is 2.67. The van der Waals surface area contributed by atoms with Gasteiger partial charge in [-0.05, 0) is 31.6 Å². The summed E-state index contributed by atoms with van der Waals surface area (Å²) in [5, 5.41) is 3.83. The molecule has 1 fully saturated rings. The van der Waals surface area contributed by atoms with Crippen LogP contribution in [0.1, 0.15) is 61.6 Å². The van der Waals surface area contributed by atoms with E-state index in [9.17, 15) is 4.79 Å². The van der Waals surface area contributed by atoms with Crippen molar-refractivity contribution in [3.63, 3.8) is 0 Å². The van der Waals surface area contributed by atoms with Crippen LogP contribution in [0.2, 0.25) is 0 Å². The number of thioether (sulfide) groups is 1. The first-order chi connectivity index (χ1) is 9.69. The van der Waals surface area contributed by atoms with E-state index in [1.807, 2.05) is 6.92 Å². The summed E-state index contributed by atoms with van der Waals surface area (Å²) < 4.78 is 0. The molecule has 1 heterocycles. The quantitative estimate of drug-likeness (QED) is 0.525. The third-order valence-electron chi connectivity index (χ3n) is 3.53. The number of nitrogens with one attached hydrogen (secondary N) is 1. The van der Waals surface area contributed by atoms with E-state index in [4.69, 9.17) is 0 Å². The van der Waals surface area contributed by atoms with Gasteiger partial charge in [-0.3, -0.25) is 4.79 Å². The molecule has 1 N–H and O–H groups in total. The fourth-order valence-electron chi connectivity index (χ4n) is 2.53. The van der Waals surface area contributed by atoms with Crippen LogP contribution < -0.4 is 5.32 Å². The third-order valence-corrected chi connectivity index (χ3v) is 4.26. The van der Waals surface area contributed by atoms with E-state index < -0.39 is 0 Å². The lowest BCUT2D eigenvalue weighted by Crippen LogP contribution is -2.35. The van der Waals surface area contributed by atoms with Gasteiger partial charge >= 0.3 is 0 Å². The minimum Gasteiger partial charge on any atom is -0.348 e. The molecule has 5 heteroatoms. The highest BCUT2D eigenvalue weighted by Crippen LogP contribution is 2.18. The van der Waals surface area contributed by atoms with E-state index in [2.05, 4.69) is 22.2 Å². The molecular formula is C15H23N3OS. The summed E-state index contributed by atoms with van der Waals surface area (Å²) in [6.07, 6.45) is 7.18. The highest BCUT2D eigenvalue weighted by atomic mass is 32.2. The number of aryl methyl sites for hydroxylation is 1. The largest absolute Gasteiger partial charge is 0.348 e. The van der Waals surface area contributed by atoms with Gasteiger partial charge in [-0.15, -0.1) is 0 Å². The van der Waals surface area contributed by atoms with E-state index >= 15 is 0 Å². The number of carbonyl (C=O) groups excluding carboxylic acids is 1. The Labute approximate surface area is 125 Å². The maximum atomic E-state index is 12.3. The van der Waals surface area contributed by atoms with Gasteiger partial charge in [-0.1, -0.05) is 44.4 Å². The first-order valence-electron chi connectivity index (χ1n) is 7.48. The lowest BCUT2D eigenvalue weighted by molar-refractivity contribution is 0.0927. The third kappa shape index (κ3) is 4.47. The van der Waals surface area contributed by atoms with Gasteiger partial charge in [0.25, 0.3) is 5.91 Å². The SMILES string of the molecule is CCSc1nc(C)cc(C(=O)NC2CCCCCC2)n1. The fourth-order valence-corrected chi connectivity index (χ4v) is 3.16. The van der Waals surface area contributed by atoms with E-state index in [0.29, 0.717) is 16.9 Å². The molecule has 0 unspecified atom stereocenters. The van der Waals surface area contributed by atoms with Gasteiger partial charge in [0.1, 0.15) is 5.69 Å². The zero-order chi connectivity index (χ0) is 14.4. The van der Waals surface area contributed by atoms with Crippen molar-refractivity contribution < 1.29 is 4.79 Å². The van der Waals surface area contributed by atoms with Crippen molar-refractivity contribution in [3.8, 4) is 0 Å². The van der Waals surface area contributed by atoms with Crippen molar-refractivity contribution in [1.29, 1.82) is 0 Å². The number of hydrogen-bond acceptors (Lipinski definition) is 4. The van der Waals surface area contributed by atoms with Crippen LogP contribution in [0.15, 0.2) is 11.2 Å². The van der Waals surface area contributed by atoms with Gasteiger partial charge in [-0.25, -0.2) is 9.97 Å². The smallest absolute Gasteiger partial charge is 0.270 e. The number of nitrogens with zero attached hydrogens (tertiary/aromatic N) is 2. The molecule has 0 radical (unpaired) electrons. The predicted octanol–water partition coefficient (Wildman–Crippen LogP) is 3.35. The molecule has 1 aromatic heterocycles. The van der Waals surface area contributed by atoms with Crippen molar-refractivity contribution in [3.05, 3.63) is 17.5 Å². The second kappa shape index (κ2) is 7.62. The summed E-state index contributed by atoms with van der Waals surface area (Å²) in [6.45, 7) is 3.96. The van der Waals surface area contributed by atoms with E-state index in [0.717, 1.165) is 24.3 Å². The number of carbonyl (C=O) groups is 1. The van der Waals surface area contributed by atoms with Crippen LogP contribution in [0.3, 0.4) is 0 Å². The van der Waals surface area contributed by atoms with Crippen LogP contribution in [0.4, 0.5) is 0 Å². The Bertz CT molecular complexity index is 456. The normalized spacial score (nSPS) is 16.7. The summed E-state index contributed by atoms with van der Waals surface area (Å²) in [4.78, 5) is 21.0. The number of rotatable bonds is 4. The molecule has 1 aromatic rings. The zero-order valence-electron chi connectivity index (χ0n) is 12.3. The topological polar surface area (TPSA) is 54.9 Å². The molecule has 0 aromatic carbocycles. The molecule has 110 valence electrons. The Morgan fingerprint density at radius 3 is 2.65 bits per heavy atom. The Morgan fingerprint density at radius 2 is 2.00 bits per heavy atom. The lowest BCUT2D eigenvalue weighted by Gasteiger charge is -2.16. The number of aromatic nitrogens is 2. The summed E-state index contributed by atoms with van der Waals surface area (Å²) >= 11 is 1.57. The summed E-state index contributed by atoms with van der Waals surface area (Å²) in [5.74, 6) is 0.855. The molecule has 1 amide bonds.